The summed E-state index contributed by atoms with van der Waals surface area (Å²) in [5.74, 6) is 1.82. The highest BCUT2D eigenvalue weighted by Gasteiger charge is 2.22. The van der Waals surface area contributed by atoms with Crippen LogP contribution >= 0.6 is 0 Å². The zero-order valence-corrected chi connectivity index (χ0v) is 13.5. The summed E-state index contributed by atoms with van der Waals surface area (Å²) in [5, 5.41) is 3.62. The van der Waals surface area contributed by atoms with E-state index < -0.39 is 0 Å². The molecule has 0 radical (unpaired) electrons. The van der Waals surface area contributed by atoms with Crippen LogP contribution in [0.5, 0.6) is 0 Å². The predicted octanol–water partition coefficient (Wildman–Crippen LogP) is 2.70. The summed E-state index contributed by atoms with van der Waals surface area (Å²) < 4.78 is 0. The minimum absolute atomic E-state index is 0.219. The Morgan fingerprint density at radius 3 is 2.40 bits per heavy atom. The average Bonchev–Trinajstić information content (AvgIpc) is 2.39. The van der Waals surface area contributed by atoms with Crippen molar-refractivity contribution in [1.82, 2.24) is 15.3 Å². The van der Waals surface area contributed by atoms with Crippen LogP contribution in [-0.2, 0) is 0 Å². The van der Waals surface area contributed by atoms with Crippen molar-refractivity contribution in [2.45, 2.75) is 53.0 Å². The second kappa shape index (κ2) is 6.08. The van der Waals surface area contributed by atoms with Crippen molar-refractivity contribution in [2.24, 2.45) is 5.92 Å². The van der Waals surface area contributed by atoms with Gasteiger partial charge >= 0.3 is 0 Å². The fourth-order valence-corrected chi connectivity index (χ4v) is 2.50. The Bertz CT molecular complexity index is 442. The minimum Gasteiger partial charge on any atom is -0.355 e. The van der Waals surface area contributed by atoms with Gasteiger partial charge in [-0.25, -0.2) is 4.98 Å². The molecule has 1 aromatic rings. The van der Waals surface area contributed by atoms with Crippen molar-refractivity contribution in [1.29, 1.82) is 0 Å². The lowest BCUT2D eigenvalue weighted by Crippen LogP contribution is -2.43. The molecule has 2 rings (SSSR count). The van der Waals surface area contributed by atoms with E-state index in [0.29, 0.717) is 0 Å². The van der Waals surface area contributed by atoms with Crippen molar-refractivity contribution in [3.05, 3.63) is 17.6 Å². The summed E-state index contributed by atoms with van der Waals surface area (Å²) in [5.41, 5.74) is 2.29. The van der Waals surface area contributed by atoms with Crippen LogP contribution in [0.3, 0.4) is 0 Å². The number of hydrogen-bond acceptors (Lipinski definition) is 4. The lowest BCUT2D eigenvalue weighted by Gasteiger charge is -2.34. The third kappa shape index (κ3) is 4.17. The molecule has 0 saturated carbocycles. The van der Waals surface area contributed by atoms with E-state index in [9.17, 15) is 0 Å². The molecule has 1 N–H and O–H groups in total. The van der Waals surface area contributed by atoms with Gasteiger partial charge in [0.15, 0.2) is 0 Å². The molecule has 112 valence electrons. The second-order valence-electron chi connectivity index (χ2n) is 6.96. The Morgan fingerprint density at radius 2 is 1.85 bits per heavy atom. The van der Waals surface area contributed by atoms with Crippen LogP contribution < -0.4 is 10.2 Å². The zero-order valence-electron chi connectivity index (χ0n) is 13.5. The fourth-order valence-electron chi connectivity index (χ4n) is 2.50. The van der Waals surface area contributed by atoms with E-state index in [2.05, 4.69) is 41.0 Å². The van der Waals surface area contributed by atoms with E-state index in [-0.39, 0.29) is 5.54 Å². The van der Waals surface area contributed by atoms with Crippen molar-refractivity contribution in [3.63, 3.8) is 0 Å². The quantitative estimate of drug-likeness (QED) is 0.921. The SMILES string of the molecule is Cc1ncc(N2CCC(CNC(C)(C)C)CC2)nc1C. The molecular weight excluding hydrogens is 248 g/mol. The molecule has 1 fully saturated rings. The Kier molecular flexibility index (Phi) is 4.63. The van der Waals surface area contributed by atoms with Gasteiger partial charge in [0.05, 0.1) is 17.6 Å². The van der Waals surface area contributed by atoms with Crippen LogP contribution in [0, 0.1) is 19.8 Å². The maximum Gasteiger partial charge on any atom is 0.147 e. The fraction of sp³-hybridized carbons (Fsp3) is 0.750. The molecule has 0 aliphatic carbocycles. The highest BCUT2D eigenvalue weighted by atomic mass is 15.2. The number of nitrogens with one attached hydrogen (secondary N) is 1. The lowest BCUT2D eigenvalue weighted by molar-refractivity contribution is 0.328. The summed E-state index contributed by atoms with van der Waals surface area (Å²) in [6.45, 7) is 14.0. The molecule has 1 aliphatic rings. The van der Waals surface area contributed by atoms with Crippen LogP contribution in [0.25, 0.3) is 0 Å². The van der Waals surface area contributed by atoms with Crippen molar-refractivity contribution in [2.75, 3.05) is 24.5 Å². The molecular formula is C16H28N4. The molecule has 0 amide bonds. The molecule has 0 aromatic carbocycles. The third-order valence-corrected chi connectivity index (χ3v) is 4.04. The van der Waals surface area contributed by atoms with E-state index in [4.69, 9.17) is 0 Å². The molecule has 2 heterocycles. The highest BCUT2D eigenvalue weighted by molar-refractivity contribution is 5.37. The Hall–Kier alpha value is -1.16. The molecule has 1 aromatic heterocycles. The normalized spacial score (nSPS) is 17.6. The van der Waals surface area contributed by atoms with Gasteiger partial charge in [-0.15, -0.1) is 0 Å². The van der Waals surface area contributed by atoms with Gasteiger partial charge in [0.2, 0.25) is 0 Å². The van der Waals surface area contributed by atoms with E-state index >= 15 is 0 Å². The van der Waals surface area contributed by atoms with Crippen LogP contribution in [-0.4, -0.2) is 35.1 Å². The molecule has 0 atom stereocenters. The van der Waals surface area contributed by atoms with Crippen LogP contribution in [0.1, 0.15) is 45.0 Å². The zero-order chi connectivity index (χ0) is 14.8. The van der Waals surface area contributed by atoms with Crippen molar-refractivity contribution < 1.29 is 0 Å². The first-order valence-electron chi connectivity index (χ1n) is 7.65. The lowest BCUT2D eigenvalue weighted by atomic mass is 9.95. The smallest absolute Gasteiger partial charge is 0.147 e. The van der Waals surface area contributed by atoms with Gasteiger partial charge in [0, 0.05) is 18.6 Å². The van der Waals surface area contributed by atoms with Gasteiger partial charge in [0.1, 0.15) is 5.82 Å². The number of nitrogens with zero attached hydrogens (tertiary/aromatic N) is 3. The summed E-state index contributed by atoms with van der Waals surface area (Å²) >= 11 is 0. The molecule has 20 heavy (non-hydrogen) atoms. The number of aromatic nitrogens is 2. The van der Waals surface area contributed by atoms with Crippen LogP contribution in [0.2, 0.25) is 0 Å². The average molecular weight is 276 g/mol. The molecule has 0 unspecified atom stereocenters. The second-order valence-corrected chi connectivity index (χ2v) is 6.96. The van der Waals surface area contributed by atoms with Crippen LogP contribution in [0.4, 0.5) is 5.82 Å². The van der Waals surface area contributed by atoms with E-state index in [0.717, 1.165) is 42.8 Å². The Balaban J connectivity index is 1.86. The standard InChI is InChI=1S/C16H28N4/c1-12-13(2)19-15(11-17-12)20-8-6-14(7-9-20)10-18-16(3,4)5/h11,14,18H,6-10H2,1-5H3. The van der Waals surface area contributed by atoms with Crippen LogP contribution in [0.15, 0.2) is 6.20 Å². The first-order valence-corrected chi connectivity index (χ1v) is 7.65. The molecule has 0 bridgehead atoms. The number of aryl methyl sites for hydroxylation is 2. The Labute approximate surface area is 123 Å². The summed E-state index contributed by atoms with van der Waals surface area (Å²) in [7, 11) is 0. The van der Waals surface area contributed by atoms with Gasteiger partial charge < -0.3 is 10.2 Å². The summed E-state index contributed by atoms with van der Waals surface area (Å²) in [6.07, 6.45) is 4.38. The topological polar surface area (TPSA) is 41.1 Å². The number of rotatable bonds is 3. The maximum absolute atomic E-state index is 4.65. The Morgan fingerprint density at radius 1 is 1.20 bits per heavy atom. The van der Waals surface area contributed by atoms with Crippen molar-refractivity contribution in [3.8, 4) is 0 Å². The molecule has 4 nitrogen and oxygen atoms in total. The number of hydrogen-bond donors (Lipinski definition) is 1. The molecule has 1 aliphatic heterocycles. The molecule has 1 saturated heterocycles. The minimum atomic E-state index is 0.219. The van der Waals surface area contributed by atoms with Crippen molar-refractivity contribution >= 4 is 5.82 Å². The molecule has 4 heteroatoms. The van der Waals surface area contributed by atoms with Gasteiger partial charge in [-0.1, -0.05) is 0 Å². The number of piperidine rings is 1. The van der Waals surface area contributed by atoms with E-state index in [1.165, 1.54) is 12.8 Å². The monoisotopic (exact) mass is 276 g/mol. The van der Waals surface area contributed by atoms with E-state index in [1.807, 2.05) is 20.0 Å². The van der Waals surface area contributed by atoms with Gasteiger partial charge in [-0.3, -0.25) is 4.98 Å². The van der Waals surface area contributed by atoms with Gasteiger partial charge in [-0.2, -0.15) is 0 Å². The third-order valence-electron chi connectivity index (χ3n) is 4.04. The number of anilines is 1. The molecule has 0 spiro atoms. The van der Waals surface area contributed by atoms with Gasteiger partial charge in [0.25, 0.3) is 0 Å². The van der Waals surface area contributed by atoms with Gasteiger partial charge in [-0.05, 0) is 59.9 Å². The summed E-state index contributed by atoms with van der Waals surface area (Å²) in [4.78, 5) is 11.4. The van der Waals surface area contributed by atoms with E-state index in [1.54, 1.807) is 0 Å². The summed E-state index contributed by atoms with van der Waals surface area (Å²) in [6, 6.07) is 0. The first kappa shape index (κ1) is 15.2. The highest BCUT2D eigenvalue weighted by Crippen LogP contribution is 2.22. The predicted molar refractivity (Wildman–Crippen MR) is 84.2 cm³/mol. The maximum atomic E-state index is 4.65. The largest absolute Gasteiger partial charge is 0.355 e. The first-order chi connectivity index (χ1) is 9.35.